The average Bonchev–Trinajstić information content (AvgIpc) is 3.72. The Balaban J connectivity index is 1.02. The van der Waals surface area contributed by atoms with Crippen LogP contribution < -0.4 is 20.7 Å². The molecule has 0 bridgehead atoms. The number of aryl methyl sites for hydroxylation is 1. The Morgan fingerprint density at radius 1 is 0.980 bits per heavy atom. The number of pyridine rings is 2. The average molecular weight is 712 g/mol. The molecule has 3 saturated heterocycles. The molecule has 1 spiro atoms. The predicted molar refractivity (Wildman–Crippen MR) is 195 cm³/mol. The molecule has 2 amide bonds. The molecule has 1 aliphatic carbocycles. The molecular weight excluding hydrogens is 671 g/mol. The van der Waals surface area contributed by atoms with E-state index in [0.717, 1.165) is 79.7 Å². The molecule has 3 N–H and O–H groups in total. The third-order valence-corrected chi connectivity index (χ3v) is 11.5. The number of likely N-dealkylation sites (tertiary alicyclic amines) is 1. The van der Waals surface area contributed by atoms with Gasteiger partial charge in [0.1, 0.15) is 0 Å². The van der Waals surface area contributed by atoms with E-state index in [9.17, 15) is 9.59 Å². The zero-order valence-corrected chi connectivity index (χ0v) is 29.5. The summed E-state index contributed by atoms with van der Waals surface area (Å²) < 4.78 is 5.74. The van der Waals surface area contributed by atoms with Gasteiger partial charge in [0.2, 0.25) is 17.7 Å². The summed E-state index contributed by atoms with van der Waals surface area (Å²) in [6, 6.07) is 18.8. The minimum atomic E-state index is 0.0664. The van der Waals surface area contributed by atoms with Gasteiger partial charge in [-0.1, -0.05) is 59.6 Å². The van der Waals surface area contributed by atoms with Gasteiger partial charge in [-0.15, -0.1) is 0 Å². The quantitative estimate of drug-likeness (QED) is 0.186. The van der Waals surface area contributed by atoms with Gasteiger partial charge in [0.15, 0.2) is 0 Å². The van der Waals surface area contributed by atoms with Crippen LogP contribution in [0.3, 0.4) is 0 Å². The molecule has 0 saturated carbocycles. The molecule has 8 rings (SSSR count). The summed E-state index contributed by atoms with van der Waals surface area (Å²) in [6.45, 7) is 4.00. The van der Waals surface area contributed by atoms with Gasteiger partial charge in [0.05, 0.1) is 28.5 Å². The molecule has 2 aromatic heterocycles. The Kier molecular flexibility index (Phi) is 9.02. The smallest absolute Gasteiger partial charge is 0.220 e. The van der Waals surface area contributed by atoms with Crippen molar-refractivity contribution in [2.24, 2.45) is 5.41 Å². The van der Waals surface area contributed by atoms with Crippen molar-refractivity contribution in [3.05, 3.63) is 87.5 Å². The summed E-state index contributed by atoms with van der Waals surface area (Å²) in [6.07, 6.45) is 7.05. The number of carbonyl (C=O) groups excluding carboxylic acids is 2. The zero-order valence-electron chi connectivity index (χ0n) is 28.0. The van der Waals surface area contributed by atoms with Crippen molar-refractivity contribution < 1.29 is 14.3 Å². The summed E-state index contributed by atoms with van der Waals surface area (Å²) in [4.78, 5) is 35.3. The van der Waals surface area contributed by atoms with Crippen molar-refractivity contribution in [2.75, 3.05) is 33.3 Å². The Bertz CT molecular complexity index is 1980. The summed E-state index contributed by atoms with van der Waals surface area (Å²) >= 11 is 14.3. The molecule has 0 unspecified atom stereocenters. The summed E-state index contributed by atoms with van der Waals surface area (Å²) in [7, 11) is 1.64. The second-order valence-electron chi connectivity index (χ2n) is 14.2. The molecule has 0 radical (unpaired) electrons. The molecule has 50 heavy (non-hydrogen) atoms. The number of ether oxygens (including phenoxy) is 1. The van der Waals surface area contributed by atoms with Crippen LogP contribution in [0.25, 0.3) is 33.6 Å². The monoisotopic (exact) mass is 710 g/mol. The molecule has 4 aromatic rings. The van der Waals surface area contributed by atoms with Crippen LogP contribution in [0.15, 0.2) is 60.8 Å². The van der Waals surface area contributed by atoms with E-state index in [-0.39, 0.29) is 29.3 Å². The van der Waals surface area contributed by atoms with Gasteiger partial charge in [0.25, 0.3) is 0 Å². The highest BCUT2D eigenvalue weighted by atomic mass is 35.5. The summed E-state index contributed by atoms with van der Waals surface area (Å²) in [5.41, 5.74) is 8.44. The number of carbonyl (C=O) groups is 2. The van der Waals surface area contributed by atoms with E-state index in [1.165, 1.54) is 11.1 Å². The lowest BCUT2D eigenvalue weighted by atomic mass is 9.79. The van der Waals surface area contributed by atoms with Crippen molar-refractivity contribution in [1.82, 2.24) is 30.8 Å². The molecular formula is C39H40Cl2N6O3. The van der Waals surface area contributed by atoms with E-state index < -0.39 is 0 Å². The maximum atomic E-state index is 11.8. The predicted octanol–water partition coefficient (Wildman–Crippen LogP) is 6.36. The van der Waals surface area contributed by atoms with Gasteiger partial charge in [0, 0.05) is 97.1 Å². The van der Waals surface area contributed by atoms with Crippen LogP contribution in [0.5, 0.6) is 5.88 Å². The van der Waals surface area contributed by atoms with Crippen molar-refractivity contribution in [3.63, 3.8) is 0 Å². The highest BCUT2D eigenvalue weighted by Crippen LogP contribution is 2.43. The van der Waals surface area contributed by atoms with Gasteiger partial charge < -0.3 is 20.7 Å². The van der Waals surface area contributed by atoms with Gasteiger partial charge in [-0.25, -0.2) is 4.98 Å². The SMILES string of the molecule is COc1nc(-c2cccc(-c3ccnc(-c4ccc5c(c4)CCC[C@@H]5NC[C@@H]4CCC(=O)N4)c3Cl)c2Cl)ccc1CN1CC2(CNC(=O)C2)C1. The molecule has 2 atom stereocenters. The number of nitrogens with one attached hydrogen (secondary N) is 3. The number of hydrogen-bond donors (Lipinski definition) is 3. The van der Waals surface area contributed by atoms with Crippen molar-refractivity contribution in [2.45, 2.75) is 57.2 Å². The second kappa shape index (κ2) is 13.6. The first-order valence-electron chi connectivity index (χ1n) is 17.4. The summed E-state index contributed by atoms with van der Waals surface area (Å²) in [5.74, 6) is 0.848. The van der Waals surface area contributed by atoms with E-state index in [4.69, 9.17) is 37.9 Å². The fourth-order valence-electron chi connectivity index (χ4n) is 8.23. The maximum absolute atomic E-state index is 11.8. The van der Waals surface area contributed by atoms with E-state index in [2.05, 4.69) is 39.0 Å². The number of methoxy groups -OCH3 is 1. The number of hydrogen-bond acceptors (Lipinski definition) is 7. The fourth-order valence-corrected chi connectivity index (χ4v) is 8.87. The van der Waals surface area contributed by atoms with Crippen LogP contribution in [0.2, 0.25) is 10.0 Å². The second-order valence-corrected chi connectivity index (χ2v) is 15.0. The molecule has 9 nitrogen and oxygen atoms in total. The molecule has 2 aromatic carbocycles. The lowest BCUT2D eigenvalue weighted by Crippen LogP contribution is -2.56. The van der Waals surface area contributed by atoms with Crippen LogP contribution in [0.4, 0.5) is 0 Å². The third-order valence-electron chi connectivity index (χ3n) is 10.7. The number of rotatable bonds is 9. The molecule has 3 aliphatic heterocycles. The minimum Gasteiger partial charge on any atom is -0.481 e. The lowest BCUT2D eigenvalue weighted by molar-refractivity contribution is -0.121. The Hall–Kier alpha value is -4.02. The van der Waals surface area contributed by atoms with Crippen LogP contribution in [0, 0.1) is 5.41 Å². The Morgan fingerprint density at radius 2 is 1.82 bits per heavy atom. The highest BCUT2D eigenvalue weighted by Gasteiger charge is 2.48. The van der Waals surface area contributed by atoms with E-state index in [1.807, 2.05) is 36.4 Å². The number of nitrogens with zero attached hydrogens (tertiary/aromatic N) is 3. The van der Waals surface area contributed by atoms with Gasteiger partial charge in [-0.2, -0.15) is 0 Å². The first kappa shape index (κ1) is 33.1. The molecule has 4 aliphatic rings. The lowest BCUT2D eigenvalue weighted by Gasteiger charge is -2.47. The Labute approximate surface area is 302 Å². The van der Waals surface area contributed by atoms with E-state index >= 15 is 0 Å². The van der Waals surface area contributed by atoms with Crippen LogP contribution in [-0.4, -0.2) is 66.0 Å². The largest absolute Gasteiger partial charge is 0.481 e. The standard InChI is InChI=1S/C39H40Cl2N6O3/c1-50-38-25(19-47-21-39(22-47)17-34(49)44-20-39)9-12-32(46-38)30-6-3-5-28(35(30)40)29-14-15-42-37(36(29)41)24-8-11-27-23(16-24)4-2-7-31(27)43-18-26-10-13-33(48)45-26/h3,5-6,8-9,11-12,14-16,26,31,43H,2,4,7,10,13,17-22H2,1H3,(H,44,49)(H,45,48)/t26-,31-/m0/s1. The molecule has 3 fully saturated rings. The van der Waals surface area contributed by atoms with Crippen LogP contribution >= 0.6 is 23.2 Å². The minimum absolute atomic E-state index is 0.0664. The zero-order chi connectivity index (χ0) is 34.4. The number of amides is 2. The van der Waals surface area contributed by atoms with Crippen molar-refractivity contribution >= 4 is 35.0 Å². The molecule has 11 heteroatoms. The number of fused-ring (bicyclic) bond motifs is 1. The number of benzene rings is 2. The third kappa shape index (κ3) is 6.36. The van der Waals surface area contributed by atoms with Gasteiger partial charge >= 0.3 is 0 Å². The first-order chi connectivity index (χ1) is 24.3. The van der Waals surface area contributed by atoms with Crippen molar-refractivity contribution in [1.29, 1.82) is 0 Å². The number of aromatic nitrogens is 2. The number of halogens is 2. The highest BCUT2D eigenvalue weighted by molar-refractivity contribution is 6.39. The van der Waals surface area contributed by atoms with Crippen LogP contribution in [-0.2, 0) is 22.6 Å². The maximum Gasteiger partial charge on any atom is 0.220 e. The fraction of sp³-hybridized carbons (Fsp3) is 0.385. The normalized spacial score (nSPS) is 21.1. The topological polar surface area (TPSA) is 108 Å². The molecule has 258 valence electrons. The van der Waals surface area contributed by atoms with Gasteiger partial charge in [-0.3, -0.25) is 19.5 Å². The van der Waals surface area contributed by atoms with Crippen LogP contribution in [0.1, 0.15) is 54.8 Å². The van der Waals surface area contributed by atoms with Crippen molar-refractivity contribution in [3.8, 4) is 39.5 Å². The van der Waals surface area contributed by atoms with E-state index in [1.54, 1.807) is 13.3 Å². The summed E-state index contributed by atoms with van der Waals surface area (Å²) in [5, 5.41) is 10.8. The van der Waals surface area contributed by atoms with Gasteiger partial charge in [-0.05, 0) is 55.0 Å². The Morgan fingerprint density at radius 3 is 2.60 bits per heavy atom. The first-order valence-corrected chi connectivity index (χ1v) is 18.2. The molecule has 5 heterocycles. The van der Waals surface area contributed by atoms with E-state index in [0.29, 0.717) is 46.7 Å².